The van der Waals surface area contributed by atoms with Crippen LogP contribution in [0.3, 0.4) is 0 Å². The van der Waals surface area contributed by atoms with E-state index in [1.165, 1.54) is 11.1 Å². The van der Waals surface area contributed by atoms with Crippen LogP contribution in [0.2, 0.25) is 0 Å². The van der Waals surface area contributed by atoms with Gasteiger partial charge in [-0.25, -0.2) is 8.42 Å². The lowest BCUT2D eigenvalue weighted by atomic mass is 9.90. The Morgan fingerprint density at radius 1 is 0.690 bits per heavy atom. The van der Waals surface area contributed by atoms with Crippen LogP contribution in [0.25, 0.3) is 11.1 Å². The number of fused-ring (bicyclic) bond motifs is 3. The first-order chi connectivity index (χ1) is 14.1. The first-order valence-electron chi connectivity index (χ1n) is 10.0. The molecule has 0 unspecified atom stereocenters. The van der Waals surface area contributed by atoms with Crippen LogP contribution in [0.1, 0.15) is 41.5 Å². The second-order valence-electron chi connectivity index (χ2n) is 7.73. The zero-order valence-corrected chi connectivity index (χ0v) is 17.2. The molecule has 0 fully saturated rings. The number of hydrogen-bond acceptors (Lipinski definition) is 2. The lowest BCUT2D eigenvalue weighted by Gasteiger charge is -2.21. The molecule has 3 aromatic rings. The molecule has 5 rings (SSSR count). The van der Waals surface area contributed by atoms with Gasteiger partial charge in [0, 0.05) is 5.57 Å². The fourth-order valence-corrected chi connectivity index (χ4v) is 6.25. The standard InChI is InChI=1S/C26H22O2S/c1-18-14-16-20(17-15-18)29(27,28)24-13-7-12-23-25(19-8-3-2-4-9-19)21-10-5-6-11-22(21)26(23)24/h2-6,8-11,14-17H,7,12-13H2,1H3. The molecule has 0 radical (unpaired) electrons. The van der Waals surface area contributed by atoms with Crippen LogP contribution in [-0.4, -0.2) is 8.42 Å². The number of benzene rings is 3. The highest BCUT2D eigenvalue weighted by molar-refractivity contribution is 7.95. The van der Waals surface area contributed by atoms with E-state index in [-0.39, 0.29) is 0 Å². The molecule has 3 heteroatoms. The monoisotopic (exact) mass is 398 g/mol. The summed E-state index contributed by atoms with van der Waals surface area (Å²) in [6.07, 6.45) is 2.34. The molecule has 0 saturated heterocycles. The predicted molar refractivity (Wildman–Crippen MR) is 118 cm³/mol. The van der Waals surface area contributed by atoms with Crippen LogP contribution in [-0.2, 0) is 9.84 Å². The topological polar surface area (TPSA) is 34.1 Å². The van der Waals surface area contributed by atoms with Crippen molar-refractivity contribution >= 4 is 21.0 Å². The second-order valence-corrected chi connectivity index (χ2v) is 9.70. The minimum atomic E-state index is -3.54. The highest BCUT2D eigenvalue weighted by atomic mass is 32.2. The maximum atomic E-state index is 13.6. The van der Waals surface area contributed by atoms with Gasteiger partial charge in [-0.2, -0.15) is 0 Å². The third kappa shape index (κ3) is 2.89. The van der Waals surface area contributed by atoms with Gasteiger partial charge in [0.1, 0.15) is 0 Å². The van der Waals surface area contributed by atoms with E-state index in [0.29, 0.717) is 16.2 Å². The van der Waals surface area contributed by atoms with Crippen molar-refractivity contribution in [1.29, 1.82) is 0 Å². The number of aryl methyl sites for hydroxylation is 1. The van der Waals surface area contributed by atoms with Crippen LogP contribution in [0.5, 0.6) is 0 Å². The van der Waals surface area contributed by atoms with Crippen molar-refractivity contribution in [2.45, 2.75) is 31.1 Å². The van der Waals surface area contributed by atoms with Gasteiger partial charge < -0.3 is 0 Å². The molecule has 144 valence electrons. The summed E-state index contributed by atoms with van der Waals surface area (Å²) >= 11 is 0. The molecule has 0 saturated carbocycles. The Hall–Kier alpha value is -2.91. The van der Waals surface area contributed by atoms with Gasteiger partial charge in [-0.15, -0.1) is 0 Å². The normalized spacial score (nSPS) is 16.0. The van der Waals surface area contributed by atoms with Crippen molar-refractivity contribution in [2.75, 3.05) is 0 Å². The van der Waals surface area contributed by atoms with E-state index in [9.17, 15) is 8.42 Å². The SMILES string of the molecule is Cc1ccc(S(=O)(=O)C2=C3C(=C(c4ccccc4)c4ccccc43)CCC2)cc1. The quantitative estimate of drug-likeness (QED) is 0.528. The molecule has 0 aliphatic heterocycles. The Labute approximate surface area is 172 Å². The summed E-state index contributed by atoms with van der Waals surface area (Å²) in [5.74, 6) is 0. The zero-order chi connectivity index (χ0) is 20.0. The lowest BCUT2D eigenvalue weighted by Crippen LogP contribution is -2.11. The maximum absolute atomic E-state index is 13.6. The summed E-state index contributed by atoms with van der Waals surface area (Å²) in [5.41, 5.74) is 7.70. The van der Waals surface area contributed by atoms with E-state index < -0.39 is 9.84 Å². The van der Waals surface area contributed by atoms with Crippen LogP contribution >= 0.6 is 0 Å². The van der Waals surface area contributed by atoms with Gasteiger partial charge >= 0.3 is 0 Å². The third-order valence-corrected chi connectivity index (χ3v) is 7.85. The van der Waals surface area contributed by atoms with E-state index >= 15 is 0 Å². The molecule has 3 aromatic carbocycles. The Kier molecular flexibility index (Phi) is 4.29. The van der Waals surface area contributed by atoms with Gasteiger partial charge in [0.05, 0.1) is 9.80 Å². The van der Waals surface area contributed by atoms with Gasteiger partial charge in [0.2, 0.25) is 9.84 Å². The average molecular weight is 399 g/mol. The molecule has 2 aliphatic rings. The van der Waals surface area contributed by atoms with E-state index in [2.05, 4.69) is 24.3 Å². The van der Waals surface area contributed by atoms with Crippen molar-refractivity contribution in [3.05, 3.63) is 112 Å². The largest absolute Gasteiger partial charge is 0.219 e. The lowest BCUT2D eigenvalue weighted by molar-refractivity contribution is 0.598. The molecular formula is C26H22O2S. The molecule has 2 nitrogen and oxygen atoms in total. The van der Waals surface area contributed by atoms with Crippen LogP contribution in [0, 0.1) is 6.92 Å². The van der Waals surface area contributed by atoms with E-state index in [0.717, 1.165) is 40.7 Å². The zero-order valence-electron chi connectivity index (χ0n) is 16.4. The Morgan fingerprint density at radius 2 is 1.31 bits per heavy atom. The van der Waals surface area contributed by atoms with Crippen molar-refractivity contribution < 1.29 is 8.42 Å². The van der Waals surface area contributed by atoms with Gasteiger partial charge in [0.15, 0.2) is 0 Å². The minimum absolute atomic E-state index is 0.387. The molecule has 2 aliphatic carbocycles. The summed E-state index contributed by atoms with van der Waals surface area (Å²) in [7, 11) is -3.54. The summed E-state index contributed by atoms with van der Waals surface area (Å²) in [6, 6.07) is 25.8. The van der Waals surface area contributed by atoms with Gasteiger partial charge in [0.25, 0.3) is 0 Å². The molecule has 0 spiro atoms. The van der Waals surface area contributed by atoms with Crippen LogP contribution in [0.15, 0.2) is 94.2 Å². The summed E-state index contributed by atoms with van der Waals surface area (Å²) < 4.78 is 27.2. The van der Waals surface area contributed by atoms with Crippen molar-refractivity contribution in [1.82, 2.24) is 0 Å². The molecule has 0 heterocycles. The number of sulfone groups is 1. The fraction of sp³-hybridized carbons (Fsp3) is 0.154. The highest BCUT2D eigenvalue weighted by Gasteiger charge is 2.36. The highest BCUT2D eigenvalue weighted by Crippen LogP contribution is 2.52. The third-order valence-electron chi connectivity index (χ3n) is 5.90. The average Bonchev–Trinajstić information content (AvgIpc) is 3.09. The summed E-state index contributed by atoms with van der Waals surface area (Å²) in [6.45, 7) is 1.97. The summed E-state index contributed by atoms with van der Waals surface area (Å²) in [4.78, 5) is 0.957. The van der Waals surface area contributed by atoms with E-state index in [4.69, 9.17) is 0 Å². The second kappa shape index (κ2) is 6.85. The van der Waals surface area contributed by atoms with Crippen molar-refractivity contribution in [3.63, 3.8) is 0 Å². The van der Waals surface area contributed by atoms with Gasteiger partial charge in [-0.1, -0.05) is 72.3 Å². The predicted octanol–water partition coefficient (Wildman–Crippen LogP) is 6.18. The smallest absolute Gasteiger partial charge is 0.203 e. The molecule has 0 N–H and O–H groups in total. The van der Waals surface area contributed by atoms with Crippen LogP contribution in [0.4, 0.5) is 0 Å². The molecule has 29 heavy (non-hydrogen) atoms. The molecule has 0 atom stereocenters. The van der Waals surface area contributed by atoms with Crippen molar-refractivity contribution in [3.8, 4) is 0 Å². The van der Waals surface area contributed by atoms with Gasteiger partial charge in [-0.3, -0.25) is 0 Å². The van der Waals surface area contributed by atoms with Crippen LogP contribution < -0.4 is 0 Å². The first-order valence-corrected chi connectivity index (χ1v) is 11.5. The number of rotatable bonds is 3. The Balaban J connectivity index is 1.80. The summed E-state index contributed by atoms with van der Waals surface area (Å²) in [5, 5.41) is 0. The first kappa shape index (κ1) is 18.1. The van der Waals surface area contributed by atoms with E-state index in [1.807, 2.05) is 49.4 Å². The molecule has 0 amide bonds. The molecule has 0 aromatic heterocycles. The van der Waals surface area contributed by atoms with E-state index in [1.54, 1.807) is 12.1 Å². The van der Waals surface area contributed by atoms with Gasteiger partial charge in [-0.05, 0) is 66.2 Å². The fourth-order valence-electron chi connectivity index (χ4n) is 4.55. The molecular weight excluding hydrogens is 376 g/mol. The minimum Gasteiger partial charge on any atom is -0.219 e. The van der Waals surface area contributed by atoms with Crippen molar-refractivity contribution in [2.24, 2.45) is 0 Å². The Bertz CT molecular complexity index is 1260. The molecule has 0 bridgehead atoms. The number of allylic oxidation sites excluding steroid dienone is 3. The number of hydrogen-bond donors (Lipinski definition) is 0. The maximum Gasteiger partial charge on any atom is 0.203 e. The Morgan fingerprint density at radius 3 is 2.00 bits per heavy atom.